The molecule has 0 heterocycles. The standard InChI is InChI=1S/C25H20ClN3O7/c26-19-10-6-18(7-11-19)25(33)28-14-21(30)27-15-22(31)36-24(23(32)16-4-2-1-3-5-16)17-8-12-20(13-9-17)29(34)35/h1-13,24H,14-15H2,(H,27,30)(H,28,33)/t24-/m1/s1. The van der Waals surface area contributed by atoms with Crippen LogP contribution in [0, 0.1) is 10.1 Å². The van der Waals surface area contributed by atoms with Gasteiger partial charge in [-0.3, -0.25) is 29.3 Å². The fourth-order valence-corrected chi connectivity index (χ4v) is 3.19. The molecule has 1 atom stereocenters. The molecule has 0 saturated carbocycles. The van der Waals surface area contributed by atoms with Gasteiger partial charge in [-0.25, -0.2) is 0 Å². The number of non-ortho nitro benzene ring substituents is 1. The van der Waals surface area contributed by atoms with Crippen molar-refractivity contribution >= 4 is 40.9 Å². The van der Waals surface area contributed by atoms with Crippen LogP contribution >= 0.6 is 11.6 Å². The lowest BCUT2D eigenvalue weighted by molar-refractivity contribution is -0.384. The largest absolute Gasteiger partial charge is 0.448 e. The van der Waals surface area contributed by atoms with Crippen molar-refractivity contribution in [3.63, 3.8) is 0 Å². The Bertz CT molecular complexity index is 1260. The van der Waals surface area contributed by atoms with Crippen LogP contribution in [0.3, 0.4) is 0 Å². The summed E-state index contributed by atoms with van der Waals surface area (Å²) in [4.78, 5) is 59.9. The first-order chi connectivity index (χ1) is 17.2. The Kier molecular flexibility index (Phi) is 8.84. The van der Waals surface area contributed by atoms with Gasteiger partial charge >= 0.3 is 5.97 Å². The normalized spacial score (nSPS) is 11.1. The van der Waals surface area contributed by atoms with E-state index in [-0.39, 0.29) is 16.8 Å². The fraction of sp³-hybridized carbons (Fsp3) is 0.120. The summed E-state index contributed by atoms with van der Waals surface area (Å²) in [6.45, 7) is -0.968. The van der Waals surface area contributed by atoms with E-state index in [1.54, 1.807) is 30.3 Å². The summed E-state index contributed by atoms with van der Waals surface area (Å²) >= 11 is 5.78. The van der Waals surface area contributed by atoms with E-state index in [1.807, 2.05) is 0 Å². The van der Waals surface area contributed by atoms with Gasteiger partial charge in [-0.2, -0.15) is 0 Å². The number of rotatable bonds is 10. The van der Waals surface area contributed by atoms with Gasteiger partial charge in [0.1, 0.15) is 6.54 Å². The summed E-state index contributed by atoms with van der Waals surface area (Å²) in [7, 11) is 0. The topological polar surface area (TPSA) is 145 Å². The van der Waals surface area contributed by atoms with Crippen molar-refractivity contribution in [3.05, 3.63) is 111 Å². The van der Waals surface area contributed by atoms with Gasteiger partial charge in [0, 0.05) is 33.8 Å². The van der Waals surface area contributed by atoms with Crippen LogP contribution in [0.2, 0.25) is 5.02 Å². The van der Waals surface area contributed by atoms with E-state index < -0.39 is 47.7 Å². The maximum Gasteiger partial charge on any atom is 0.326 e. The molecule has 184 valence electrons. The lowest BCUT2D eigenvalue weighted by Crippen LogP contribution is -2.39. The van der Waals surface area contributed by atoms with E-state index in [0.29, 0.717) is 10.6 Å². The number of benzene rings is 3. The first-order valence-corrected chi connectivity index (χ1v) is 11.0. The number of nitrogens with one attached hydrogen (secondary N) is 2. The molecule has 3 aromatic rings. The van der Waals surface area contributed by atoms with Crippen LogP contribution in [0.15, 0.2) is 78.9 Å². The third-order valence-corrected chi connectivity index (χ3v) is 5.15. The molecule has 3 aromatic carbocycles. The minimum absolute atomic E-state index is 0.191. The Balaban J connectivity index is 1.60. The average Bonchev–Trinajstić information content (AvgIpc) is 2.89. The number of carbonyl (C=O) groups excluding carboxylic acids is 4. The van der Waals surface area contributed by atoms with Gasteiger partial charge in [0.25, 0.3) is 11.6 Å². The van der Waals surface area contributed by atoms with Crippen LogP contribution in [0.25, 0.3) is 0 Å². The molecule has 0 aromatic heterocycles. The molecule has 0 spiro atoms. The number of nitro groups is 1. The van der Waals surface area contributed by atoms with Crippen LogP contribution in [0.4, 0.5) is 5.69 Å². The average molecular weight is 510 g/mol. The van der Waals surface area contributed by atoms with Crippen molar-refractivity contribution in [1.29, 1.82) is 0 Å². The molecule has 3 rings (SSSR count). The molecule has 0 radical (unpaired) electrons. The van der Waals surface area contributed by atoms with Crippen molar-refractivity contribution in [2.75, 3.05) is 13.1 Å². The molecule has 0 unspecified atom stereocenters. The second-order valence-corrected chi connectivity index (χ2v) is 7.85. The number of Topliss-reactive ketones (excluding diaryl/α,β-unsaturated/α-hetero) is 1. The summed E-state index contributed by atoms with van der Waals surface area (Å²) < 4.78 is 5.34. The smallest absolute Gasteiger partial charge is 0.326 e. The molecule has 2 N–H and O–H groups in total. The highest BCUT2D eigenvalue weighted by Crippen LogP contribution is 2.25. The van der Waals surface area contributed by atoms with Crippen molar-refractivity contribution < 1.29 is 28.8 Å². The minimum atomic E-state index is -1.39. The molecule has 0 aliphatic carbocycles. The predicted molar refractivity (Wildman–Crippen MR) is 129 cm³/mol. The first kappa shape index (κ1) is 26.0. The van der Waals surface area contributed by atoms with Crippen LogP contribution in [0.5, 0.6) is 0 Å². The fourth-order valence-electron chi connectivity index (χ4n) is 3.07. The van der Waals surface area contributed by atoms with E-state index >= 15 is 0 Å². The van der Waals surface area contributed by atoms with Crippen molar-refractivity contribution in [2.24, 2.45) is 0 Å². The summed E-state index contributed by atoms with van der Waals surface area (Å²) in [5, 5.41) is 16.1. The maximum absolute atomic E-state index is 13.0. The molecular formula is C25H20ClN3O7. The Hall–Kier alpha value is -4.57. The number of nitro benzene ring substituents is 1. The van der Waals surface area contributed by atoms with E-state index in [0.717, 1.165) is 0 Å². The van der Waals surface area contributed by atoms with Gasteiger partial charge in [0.2, 0.25) is 11.7 Å². The van der Waals surface area contributed by atoms with E-state index in [1.165, 1.54) is 48.5 Å². The first-order valence-electron chi connectivity index (χ1n) is 10.6. The number of esters is 1. The summed E-state index contributed by atoms with van der Waals surface area (Å²) in [5.41, 5.74) is 0.604. The highest BCUT2D eigenvalue weighted by molar-refractivity contribution is 6.30. The molecule has 0 saturated heterocycles. The molecule has 36 heavy (non-hydrogen) atoms. The van der Waals surface area contributed by atoms with Crippen molar-refractivity contribution in [2.45, 2.75) is 6.10 Å². The molecular weight excluding hydrogens is 490 g/mol. The van der Waals surface area contributed by atoms with Crippen molar-refractivity contribution in [3.8, 4) is 0 Å². The number of halogens is 1. The number of hydrogen-bond donors (Lipinski definition) is 2. The molecule has 0 aliphatic heterocycles. The number of nitrogens with zero attached hydrogens (tertiary/aromatic N) is 1. The van der Waals surface area contributed by atoms with Gasteiger partial charge in [-0.1, -0.05) is 41.9 Å². The Morgan fingerprint density at radius 1 is 0.833 bits per heavy atom. The highest BCUT2D eigenvalue weighted by Gasteiger charge is 2.27. The summed E-state index contributed by atoms with van der Waals surface area (Å²) in [6, 6.07) is 19.2. The SMILES string of the molecule is O=C(CNC(=O)c1ccc(Cl)cc1)NCC(=O)O[C@@H](C(=O)c1ccccc1)c1ccc([N+](=O)[O-])cc1. The van der Waals surface area contributed by atoms with E-state index in [2.05, 4.69) is 10.6 Å². The number of ether oxygens (including phenoxy) is 1. The number of hydrogen-bond acceptors (Lipinski definition) is 7. The summed E-state index contributed by atoms with van der Waals surface area (Å²) in [5.74, 6) is -2.62. The lowest BCUT2D eigenvalue weighted by Gasteiger charge is -2.18. The second-order valence-electron chi connectivity index (χ2n) is 7.42. The molecule has 0 bridgehead atoms. The molecule has 2 amide bonds. The molecule has 0 aliphatic rings. The van der Waals surface area contributed by atoms with Gasteiger partial charge < -0.3 is 15.4 Å². The third-order valence-electron chi connectivity index (χ3n) is 4.90. The predicted octanol–water partition coefficient (Wildman–Crippen LogP) is 3.26. The zero-order valence-corrected chi connectivity index (χ0v) is 19.4. The monoisotopic (exact) mass is 509 g/mol. The van der Waals surface area contributed by atoms with Crippen LogP contribution in [0.1, 0.15) is 32.4 Å². The number of ketones is 1. The maximum atomic E-state index is 13.0. The van der Waals surface area contributed by atoms with E-state index in [4.69, 9.17) is 16.3 Å². The highest BCUT2D eigenvalue weighted by atomic mass is 35.5. The van der Waals surface area contributed by atoms with Gasteiger partial charge in [-0.15, -0.1) is 0 Å². The van der Waals surface area contributed by atoms with Gasteiger partial charge in [0.05, 0.1) is 11.5 Å². The van der Waals surface area contributed by atoms with Crippen LogP contribution in [-0.2, 0) is 14.3 Å². The van der Waals surface area contributed by atoms with Gasteiger partial charge in [-0.05, 0) is 36.4 Å². The lowest BCUT2D eigenvalue weighted by atomic mass is 9.99. The zero-order valence-electron chi connectivity index (χ0n) is 18.7. The third kappa shape index (κ3) is 7.21. The molecule has 10 nitrogen and oxygen atoms in total. The minimum Gasteiger partial charge on any atom is -0.448 e. The van der Waals surface area contributed by atoms with Crippen LogP contribution < -0.4 is 10.6 Å². The van der Waals surface area contributed by atoms with Gasteiger partial charge in [0.15, 0.2) is 6.10 Å². The van der Waals surface area contributed by atoms with Crippen molar-refractivity contribution in [1.82, 2.24) is 10.6 Å². The Morgan fingerprint density at radius 2 is 1.47 bits per heavy atom. The Morgan fingerprint density at radius 3 is 2.08 bits per heavy atom. The van der Waals surface area contributed by atoms with E-state index in [9.17, 15) is 29.3 Å². The molecule has 11 heteroatoms. The number of amides is 2. The zero-order chi connectivity index (χ0) is 26.1. The molecule has 0 fully saturated rings. The Labute approximate surface area is 210 Å². The second kappa shape index (κ2) is 12.2. The quantitative estimate of drug-likeness (QED) is 0.185. The summed E-state index contributed by atoms with van der Waals surface area (Å²) in [6.07, 6.45) is -1.39. The van der Waals surface area contributed by atoms with Crippen LogP contribution in [-0.4, -0.2) is 41.6 Å². The number of carbonyl (C=O) groups is 4.